The van der Waals surface area contributed by atoms with Crippen molar-refractivity contribution < 1.29 is 23.3 Å². The number of nitrogens with two attached hydrogens (primary N) is 1. The molecule has 3 heterocycles. The first-order valence-corrected chi connectivity index (χ1v) is 6.75. The summed E-state index contributed by atoms with van der Waals surface area (Å²) in [6, 6.07) is 3.07. The van der Waals surface area contributed by atoms with E-state index in [9.17, 15) is 18.0 Å². The van der Waals surface area contributed by atoms with Crippen LogP contribution in [0.5, 0.6) is 0 Å². The maximum Gasteiger partial charge on any atom is 0.438 e. The van der Waals surface area contributed by atoms with Gasteiger partial charge in [-0.05, 0) is 23.3 Å². The standard InChI is InChI=1S/C14H13F3N4O/c15-14(16,17)7-21-13(22)11-5-8(6-20-11)9-1-3-18-12-10(9)2-4-19-12/h1-4,6,11,20H,5,7H2,(H,18,19)(H,21,22)/p+1. The van der Waals surface area contributed by atoms with Crippen molar-refractivity contribution in [1.29, 1.82) is 0 Å². The van der Waals surface area contributed by atoms with Gasteiger partial charge in [0.05, 0.1) is 0 Å². The maximum atomic E-state index is 12.2. The van der Waals surface area contributed by atoms with E-state index in [0.717, 1.165) is 22.2 Å². The van der Waals surface area contributed by atoms with Gasteiger partial charge in [0.25, 0.3) is 0 Å². The smallest absolute Gasteiger partial charge is 0.376 e. The Morgan fingerprint density at radius 3 is 3.00 bits per heavy atom. The number of aromatic nitrogens is 2. The van der Waals surface area contributed by atoms with Crippen LogP contribution in [0.15, 0.2) is 30.7 Å². The third kappa shape index (κ3) is 2.96. The highest BCUT2D eigenvalue weighted by Gasteiger charge is 2.34. The van der Waals surface area contributed by atoms with Crippen LogP contribution in [0.3, 0.4) is 0 Å². The van der Waals surface area contributed by atoms with Gasteiger partial charge in [0.1, 0.15) is 11.7 Å². The number of carbonyl (C=O) groups is 1. The molecule has 8 heteroatoms. The molecule has 2 aromatic heterocycles. The molecule has 1 aliphatic heterocycles. The monoisotopic (exact) mass is 311 g/mol. The van der Waals surface area contributed by atoms with Crippen molar-refractivity contribution in [2.24, 2.45) is 0 Å². The van der Waals surface area contributed by atoms with E-state index in [-0.39, 0.29) is 0 Å². The summed E-state index contributed by atoms with van der Waals surface area (Å²) < 4.78 is 36.5. The Balaban J connectivity index is 1.69. The number of fused-ring (bicyclic) bond motifs is 1. The molecule has 0 aliphatic carbocycles. The predicted molar refractivity (Wildman–Crippen MR) is 73.5 cm³/mol. The highest BCUT2D eigenvalue weighted by Crippen LogP contribution is 2.28. The Kier molecular flexibility index (Phi) is 3.61. The molecule has 2 aromatic rings. The first-order chi connectivity index (χ1) is 10.4. The number of nitrogens with zero attached hydrogens (tertiary/aromatic N) is 1. The summed E-state index contributed by atoms with van der Waals surface area (Å²) in [5.41, 5.74) is 2.53. The number of carbonyl (C=O) groups excluding carboxylic acids is 1. The first-order valence-electron chi connectivity index (χ1n) is 6.75. The summed E-state index contributed by atoms with van der Waals surface area (Å²) in [5, 5.41) is 4.48. The number of primary amides is 1. The van der Waals surface area contributed by atoms with Crippen LogP contribution < -0.4 is 10.6 Å². The molecule has 4 N–H and O–H groups in total. The van der Waals surface area contributed by atoms with Crippen LogP contribution in [0.2, 0.25) is 0 Å². The zero-order chi connectivity index (χ0) is 15.7. The molecule has 116 valence electrons. The highest BCUT2D eigenvalue weighted by atomic mass is 19.4. The Hall–Kier alpha value is -2.35. The molecular formula is C14H14F3N4O+. The second kappa shape index (κ2) is 5.45. The molecule has 1 amide bonds. The SMILES string of the molecule is O=C([NH2+]CC(F)(F)F)C1CC(c2ccnc3[nH]ccc23)=CN1. The maximum absolute atomic E-state index is 12.2. The summed E-state index contributed by atoms with van der Waals surface area (Å²) in [6.07, 6.45) is 1.11. The number of nitrogens with one attached hydrogen (secondary N) is 2. The van der Waals surface area contributed by atoms with E-state index in [0.29, 0.717) is 11.7 Å². The van der Waals surface area contributed by atoms with Crippen LogP contribution in [-0.4, -0.2) is 34.6 Å². The minimum Gasteiger partial charge on any atom is -0.376 e. The lowest BCUT2D eigenvalue weighted by molar-refractivity contribution is -0.596. The van der Waals surface area contributed by atoms with Crippen LogP contribution in [0.25, 0.3) is 16.6 Å². The fourth-order valence-corrected chi connectivity index (χ4v) is 2.51. The Morgan fingerprint density at radius 2 is 2.23 bits per heavy atom. The molecule has 0 fully saturated rings. The van der Waals surface area contributed by atoms with Gasteiger partial charge in [0.2, 0.25) is 0 Å². The molecule has 1 unspecified atom stereocenters. The van der Waals surface area contributed by atoms with Gasteiger partial charge in [-0.15, -0.1) is 0 Å². The summed E-state index contributed by atoms with van der Waals surface area (Å²) >= 11 is 0. The quantitative estimate of drug-likeness (QED) is 0.789. The van der Waals surface area contributed by atoms with E-state index in [1.165, 1.54) is 0 Å². The molecular weight excluding hydrogens is 297 g/mol. The summed E-state index contributed by atoms with van der Waals surface area (Å²) in [5.74, 6) is -0.539. The summed E-state index contributed by atoms with van der Waals surface area (Å²) in [6.45, 7) is -1.20. The normalized spacial score (nSPS) is 18.3. The fourth-order valence-electron chi connectivity index (χ4n) is 2.51. The van der Waals surface area contributed by atoms with E-state index in [2.05, 4.69) is 15.3 Å². The number of alkyl halides is 3. The number of H-pyrrole nitrogens is 1. The number of quaternary nitrogens is 1. The zero-order valence-corrected chi connectivity index (χ0v) is 11.4. The van der Waals surface area contributed by atoms with Crippen molar-refractivity contribution in [3.63, 3.8) is 0 Å². The molecule has 0 saturated carbocycles. The number of halogens is 3. The lowest BCUT2D eigenvalue weighted by Crippen LogP contribution is -2.93. The number of rotatable bonds is 3. The largest absolute Gasteiger partial charge is 0.438 e. The predicted octanol–water partition coefficient (Wildman–Crippen LogP) is 0.918. The second-order valence-electron chi connectivity index (χ2n) is 5.12. The molecule has 0 bridgehead atoms. The van der Waals surface area contributed by atoms with Crippen LogP contribution >= 0.6 is 0 Å². The molecule has 0 saturated heterocycles. The number of pyridine rings is 1. The molecule has 0 spiro atoms. The molecule has 5 nitrogen and oxygen atoms in total. The van der Waals surface area contributed by atoms with Gasteiger partial charge >= 0.3 is 12.1 Å². The molecule has 0 radical (unpaired) electrons. The lowest BCUT2D eigenvalue weighted by atomic mass is 10.0. The van der Waals surface area contributed by atoms with E-state index >= 15 is 0 Å². The van der Waals surface area contributed by atoms with E-state index in [1.54, 1.807) is 18.6 Å². The topological polar surface area (TPSA) is 74.4 Å². The van der Waals surface area contributed by atoms with Gasteiger partial charge in [-0.25, -0.2) is 9.78 Å². The van der Waals surface area contributed by atoms with E-state index in [1.807, 2.05) is 12.1 Å². The van der Waals surface area contributed by atoms with Crippen LogP contribution in [-0.2, 0) is 4.79 Å². The van der Waals surface area contributed by atoms with E-state index in [4.69, 9.17) is 0 Å². The third-order valence-electron chi connectivity index (χ3n) is 3.57. The van der Waals surface area contributed by atoms with Crippen molar-refractivity contribution in [3.05, 3.63) is 36.3 Å². The average Bonchev–Trinajstić information content (AvgIpc) is 3.12. The minimum atomic E-state index is -4.35. The van der Waals surface area contributed by atoms with Crippen molar-refractivity contribution >= 4 is 22.5 Å². The average molecular weight is 311 g/mol. The van der Waals surface area contributed by atoms with Crippen molar-refractivity contribution in [2.75, 3.05) is 6.54 Å². The second-order valence-corrected chi connectivity index (χ2v) is 5.12. The Labute approximate surface area is 123 Å². The van der Waals surface area contributed by atoms with Crippen LogP contribution in [0.1, 0.15) is 12.0 Å². The summed E-state index contributed by atoms with van der Waals surface area (Å²) in [7, 11) is 0. The van der Waals surface area contributed by atoms with Crippen molar-refractivity contribution in [1.82, 2.24) is 15.3 Å². The number of aromatic amines is 1. The third-order valence-corrected chi connectivity index (χ3v) is 3.57. The van der Waals surface area contributed by atoms with Gasteiger partial charge in [0.15, 0.2) is 6.54 Å². The number of hydrogen-bond donors (Lipinski definition) is 3. The van der Waals surface area contributed by atoms with Gasteiger partial charge < -0.3 is 10.3 Å². The number of hydrogen-bond acceptors (Lipinski definition) is 3. The van der Waals surface area contributed by atoms with Crippen molar-refractivity contribution in [3.8, 4) is 0 Å². The van der Waals surface area contributed by atoms with Crippen molar-refractivity contribution in [2.45, 2.75) is 18.6 Å². The molecule has 1 atom stereocenters. The van der Waals surface area contributed by atoms with Crippen LogP contribution in [0.4, 0.5) is 13.2 Å². The Morgan fingerprint density at radius 1 is 1.41 bits per heavy atom. The van der Waals surface area contributed by atoms with Crippen LogP contribution in [0, 0.1) is 0 Å². The van der Waals surface area contributed by atoms with Gasteiger partial charge in [-0.1, -0.05) is 0 Å². The van der Waals surface area contributed by atoms with Gasteiger partial charge in [-0.3, -0.25) is 5.32 Å². The Bertz CT molecular complexity index is 735. The van der Waals surface area contributed by atoms with E-state index < -0.39 is 24.7 Å². The molecule has 1 aliphatic rings. The molecule has 3 rings (SSSR count). The fraction of sp³-hybridized carbons (Fsp3) is 0.286. The zero-order valence-electron chi connectivity index (χ0n) is 11.4. The summed E-state index contributed by atoms with van der Waals surface area (Å²) in [4.78, 5) is 19.0. The molecule has 22 heavy (non-hydrogen) atoms. The first kappa shape index (κ1) is 14.6. The lowest BCUT2D eigenvalue weighted by Gasteiger charge is -2.09. The molecule has 0 aromatic carbocycles. The highest BCUT2D eigenvalue weighted by molar-refractivity contribution is 5.92. The number of amides is 1. The van der Waals surface area contributed by atoms with Gasteiger partial charge in [-0.2, -0.15) is 13.2 Å². The van der Waals surface area contributed by atoms with Gasteiger partial charge in [0, 0.05) is 30.4 Å². The minimum absolute atomic E-state index is 0.359.